The van der Waals surface area contributed by atoms with Crippen molar-refractivity contribution in [3.8, 4) is 11.1 Å². The van der Waals surface area contributed by atoms with Crippen LogP contribution in [0.4, 0.5) is 10.3 Å². The Labute approximate surface area is 206 Å². The number of aromatic nitrogens is 3. The van der Waals surface area contributed by atoms with E-state index in [1.54, 1.807) is 0 Å². The number of ether oxygens (including phenoxy) is 1. The molecule has 1 saturated heterocycles. The maximum atomic E-state index is 12.8. The van der Waals surface area contributed by atoms with Crippen LogP contribution in [0.5, 0.6) is 0 Å². The fourth-order valence-corrected chi connectivity index (χ4v) is 5.24. The van der Waals surface area contributed by atoms with Crippen molar-refractivity contribution >= 4 is 11.5 Å². The monoisotopic (exact) mass is 481 g/mol. The first kappa shape index (κ1) is 24.2. The van der Waals surface area contributed by atoms with Crippen LogP contribution in [-0.2, 0) is 11.3 Å². The molecule has 1 saturated carbocycles. The van der Waals surface area contributed by atoms with Crippen LogP contribution in [0.2, 0.25) is 0 Å². The summed E-state index contributed by atoms with van der Waals surface area (Å²) >= 11 is 0. The molecule has 2 aromatic heterocycles. The van der Waals surface area contributed by atoms with Gasteiger partial charge in [0.1, 0.15) is 0 Å². The Morgan fingerprint density at radius 1 is 1.14 bits per heavy atom. The van der Waals surface area contributed by atoms with Crippen molar-refractivity contribution in [2.24, 2.45) is 0 Å². The number of halogens is 1. The van der Waals surface area contributed by atoms with E-state index in [1.165, 1.54) is 5.56 Å². The van der Waals surface area contributed by atoms with Crippen molar-refractivity contribution < 1.29 is 14.2 Å². The summed E-state index contributed by atoms with van der Waals surface area (Å²) in [5.41, 5.74) is 5.68. The zero-order valence-electron chi connectivity index (χ0n) is 20.5. The van der Waals surface area contributed by atoms with E-state index >= 15 is 0 Å². The molecule has 3 heterocycles. The van der Waals surface area contributed by atoms with Gasteiger partial charge in [-0.25, -0.2) is 9.50 Å². The summed E-state index contributed by atoms with van der Waals surface area (Å²) in [6, 6.07) is 11.0. The topological polar surface area (TPSA) is 74.9 Å². The molecule has 0 bridgehead atoms. The van der Waals surface area contributed by atoms with E-state index in [0.717, 1.165) is 80.9 Å². The van der Waals surface area contributed by atoms with E-state index in [-0.39, 0.29) is 18.8 Å². The van der Waals surface area contributed by atoms with Crippen LogP contribution in [0.15, 0.2) is 36.5 Å². The summed E-state index contributed by atoms with van der Waals surface area (Å²) in [7, 11) is 0. The van der Waals surface area contributed by atoms with Crippen LogP contribution >= 0.6 is 0 Å². The van der Waals surface area contributed by atoms with Crippen LogP contribution in [-0.4, -0.2) is 69.7 Å². The Morgan fingerprint density at radius 2 is 1.89 bits per heavy atom. The van der Waals surface area contributed by atoms with Crippen LogP contribution in [0.1, 0.15) is 56.2 Å². The Morgan fingerprint density at radius 3 is 2.60 bits per heavy atom. The third-order valence-electron chi connectivity index (χ3n) is 7.35. The number of morpholine rings is 1. The predicted molar refractivity (Wildman–Crippen MR) is 135 cm³/mol. The van der Waals surface area contributed by atoms with E-state index in [9.17, 15) is 9.50 Å². The molecule has 1 aliphatic carbocycles. The minimum absolute atomic E-state index is 0.0419. The summed E-state index contributed by atoms with van der Waals surface area (Å²) < 4.78 is 20.2. The first-order valence-electron chi connectivity index (χ1n) is 12.9. The molecule has 7 nitrogen and oxygen atoms in total. The predicted octanol–water partition coefficient (Wildman–Crippen LogP) is 4.41. The average Bonchev–Trinajstić information content (AvgIpc) is 3.24. The van der Waals surface area contributed by atoms with Gasteiger partial charge in [-0.3, -0.25) is 9.29 Å². The number of anilines is 1. The molecular formula is C27H36FN5O2. The fourth-order valence-electron chi connectivity index (χ4n) is 5.24. The maximum absolute atomic E-state index is 12.8. The molecule has 0 amide bonds. The lowest BCUT2D eigenvalue weighted by Gasteiger charge is -2.26. The number of benzene rings is 1. The van der Waals surface area contributed by atoms with E-state index in [4.69, 9.17) is 9.84 Å². The van der Waals surface area contributed by atoms with Crippen molar-refractivity contribution in [3.05, 3.63) is 47.8 Å². The summed E-state index contributed by atoms with van der Waals surface area (Å²) in [5.74, 6) is 0.852. The number of aliphatic hydroxyl groups excluding tert-OH is 1. The molecule has 0 radical (unpaired) electrons. The SMILES string of the molecule is C[C@@H](CCF)Nc1ncc2c(-c3ccc(CN4CCOCC4)cc3)cc(C3CCC(O)CC3)n2n1. The lowest BCUT2D eigenvalue weighted by Crippen LogP contribution is -2.35. The highest BCUT2D eigenvalue weighted by Gasteiger charge is 2.25. The van der Waals surface area contributed by atoms with Gasteiger partial charge in [0.15, 0.2) is 0 Å². The second kappa shape index (κ2) is 11.0. The molecule has 5 rings (SSSR count). The maximum Gasteiger partial charge on any atom is 0.241 e. The van der Waals surface area contributed by atoms with Gasteiger partial charge in [-0.1, -0.05) is 24.3 Å². The van der Waals surface area contributed by atoms with Crippen LogP contribution in [0, 0.1) is 0 Å². The summed E-state index contributed by atoms with van der Waals surface area (Å²) in [5, 5.41) is 18.1. The highest BCUT2D eigenvalue weighted by Crippen LogP contribution is 2.37. The summed E-state index contributed by atoms with van der Waals surface area (Å²) in [4.78, 5) is 6.98. The first-order chi connectivity index (χ1) is 17.1. The molecule has 35 heavy (non-hydrogen) atoms. The molecule has 2 fully saturated rings. The summed E-state index contributed by atoms with van der Waals surface area (Å²) in [6.45, 7) is 6.06. The fraction of sp³-hybridized carbons (Fsp3) is 0.556. The molecule has 2 N–H and O–H groups in total. The Hall–Kier alpha value is -2.55. The van der Waals surface area contributed by atoms with Gasteiger partial charge in [0.25, 0.3) is 0 Å². The van der Waals surface area contributed by atoms with Gasteiger partial charge in [-0.15, -0.1) is 5.10 Å². The Bertz CT molecular complexity index is 1100. The molecule has 0 spiro atoms. The van der Waals surface area contributed by atoms with Crippen molar-refractivity contribution in [2.45, 2.75) is 63.6 Å². The number of hydrogen-bond acceptors (Lipinski definition) is 6. The molecular weight excluding hydrogens is 445 g/mol. The lowest BCUT2D eigenvalue weighted by molar-refractivity contribution is 0.0342. The number of aliphatic hydroxyl groups is 1. The highest BCUT2D eigenvalue weighted by atomic mass is 19.1. The molecule has 2 aliphatic rings. The Kier molecular flexibility index (Phi) is 7.60. The van der Waals surface area contributed by atoms with Gasteiger partial charge >= 0.3 is 0 Å². The van der Waals surface area contributed by atoms with Crippen LogP contribution in [0.25, 0.3) is 16.6 Å². The molecule has 188 valence electrons. The van der Waals surface area contributed by atoms with Crippen LogP contribution < -0.4 is 5.32 Å². The van der Waals surface area contributed by atoms with Crippen molar-refractivity contribution in [1.82, 2.24) is 19.5 Å². The van der Waals surface area contributed by atoms with Crippen molar-refractivity contribution in [3.63, 3.8) is 0 Å². The van der Waals surface area contributed by atoms with Crippen molar-refractivity contribution in [2.75, 3.05) is 38.3 Å². The largest absolute Gasteiger partial charge is 0.393 e. The Balaban J connectivity index is 1.45. The van der Waals surface area contributed by atoms with Gasteiger partial charge in [-0.05, 0) is 56.2 Å². The number of hydrogen-bond donors (Lipinski definition) is 2. The first-order valence-corrected chi connectivity index (χ1v) is 12.9. The molecule has 3 aromatic rings. The summed E-state index contributed by atoms with van der Waals surface area (Å²) in [6.07, 6.45) is 5.59. The molecule has 1 aliphatic heterocycles. The van der Waals surface area contributed by atoms with Gasteiger partial charge in [-0.2, -0.15) is 0 Å². The van der Waals surface area contributed by atoms with E-state index in [2.05, 4.69) is 45.5 Å². The average molecular weight is 482 g/mol. The number of nitrogens with zero attached hydrogens (tertiary/aromatic N) is 4. The third kappa shape index (κ3) is 5.66. The second-order valence-electron chi connectivity index (χ2n) is 9.98. The molecule has 1 atom stereocenters. The number of fused-ring (bicyclic) bond motifs is 1. The molecule has 8 heteroatoms. The van der Waals surface area contributed by atoms with Gasteiger partial charge in [0.2, 0.25) is 5.95 Å². The standard InChI is InChI=1S/C27H36FN5O2/c1-19(10-11-28)30-27-29-17-26-24(16-25(33(26)31-27)22-6-8-23(34)9-7-22)21-4-2-20(3-5-21)18-32-12-14-35-15-13-32/h2-5,16-17,19,22-23,34H,6-15,18H2,1H3,(H,30,31)/t19-,22?,23?/m0/s1. The zero-order chi connectivity index (χ0) is 24.2. The van der Waals surface area contributed by atoms with Gasteiger partial charge in [0.05, 0.1) is 37.7 Å². The molecule has 1 aromatic carbocycles. The minimum atomic E-state index is -0.374. The lowest BCUT2D eigenvalue weighted by atomic mass is 9.85. The quantitative estimate of drug-likeness (QED) is 0.497. The molecule has 0 unspecified atom stereocenters. The van der Waals surface area contributed by atoms with Crippen LogP contribution in [0.3, 0.4) is 0 Å². The normalized spacial score (nSPS) is 22.4. The third-order valence-corrected chi connectivity index (χ3v) is 7.35. The zero-order valence-corrected chi connectivity index (χ0v) is 20.5. The smallest absolute Gasteiger partial charge is 0.241 e. The van der Waals surface area contributed by atoms with Crippen molar-refractivity contribution in [1.29, 1.82) is 0 Å². The van der Waals surface area contributed by atoms with Gasteiger partial charge < -0.3 is 15.2 Å². The second-order valence-corrected chi connectivity index (χ2v) is 9.98. The van der Waals surface area contributed by atoms with E-state index in [0.29, 0.717) is 18.3 Å². The minimum Gasteiger partial charge on any atom is -0.393 e. The van der Waals surface area contributed by atoms with Gasteiger partial charge in [0, 0.05) is 42.9 Å². The van der Waals surface area contributed by atoms with E-state index in [1.807, 2.05) is 17.6 Å². The number of nitrogens with one attached hydrogen (secondary N) is 1. The number of rotatable bonds is 8. The van der Waals surface area contributed by atoms with E-state index < -0.39 is 0 Å². The highest BCUT2D eigenvalue weighted by molar-refractivity contribution is 5.81. The number of alkyl halides is 1.